The largest absolute Gasteiger partial charge is 0.497 e. The third kappa shape index (κ3) is 2.53. The number of hydrogen-bond acceptors (Lipinski definition) is 5. The molecule has 0 aliphatic carbocycles. The first-order valence-corrected chi connectivity index (χ1v) is 6.72. The van der Waals surface area contributed by atoms with Crippen molar-refractivity contribution in [1.82, 2.24) is 14.8 Å². The van der Waals surface area contributed by atoms with Gasteiger partial charge in [-0.2, -0.15) is 5.10 Å². The summed E-state index contributed by atoms with van der Waals surface area (Å²) in [4.78, 5) is 4.53. The molecule has 0 radical (unpaired) electrons. The molecular weight excluding hydrogens is 260 g/mol. The van der Waals surface area contributed by atoms with Crippen molar-refractivity contribution in [3.05, 3.63) is 36.2 Å². The standard InChI is InChI=1S/C13H14N4OS/c1-17-8-9(7-15-17)6-14-13-16-11-4-3-10(18-2)5-12(11)19-13/h3-5,7-8H,6H2,1-2H3,(H,14,16). The van der Waals surface area contributed by atoms with E-state index in [4.69, 9.17) is 4.74 Å². The van der Waals surface area contributed by atoms with Crippen LogP contribution in [0.5, 0.6) is 5.75 Å². The predicted octanol–water partition coefficient (Wildman–Crippen LogP) is 2.65. The van der Waals surface area contributed by atoms with Gasteiger partial charge in [0.2, 0.25) is 0 Å². The van der Waals surface area contributed by atoms with Crippen molar-refractivity contribution in [3.8, 4) is 5.75 Å². The number of nitrogens with zero attached hydrogens (tertiary/aromatic N) is 3. The lowest BCUT2D eigenvalue weighted by molar-refractivity contribution is 0.415. The van der Waals surface area contributed by atoms with Crippen molar-refractivity contribution in [3.63, 3.8) is 0 Å². The maximum Gasteiger partial charge on any atom is 0.184 e. The zero-order valence-corrected chi connectivity index (χ0v) is 11.6. The molecule has 1 aromatic carbocycles. The average Bonchev–Trinajstić information content (AvgIpc) is 3.01. The Morgan fingerprint density at radius 1 is 1.42 bits per heavy atom. The number of aromatic nitrogens is 3. The lowest BCUT2D eigenvalue weighted by Gasteiger charge is -1.97. The van der Waals surface area contributed by atoms with Crippen molar-refractivity contribution in [2.24, 2.45) is 7.05 Å². The molecule has 0 amide bonds. The van der Waals surface area contributed by atoms with Gasteiger partial charge in [0.05, 0.1) is 23.5 Å². The summed E-state index contributed by atoms with van der Waals surface area (Å²) < 4.78 is 8.12. The number of fused-ring (bicyclic) bond motifs is 1. The summed E-state index contributed by atoms with van der Waals surface area (Å²) in [5.74, 6) is 0.856. The minimum atomic E-state index is 0.727. The van der Waals surface area contributed by atoms with Crippen molar-refractivity contribution in [2.45, 2.75) is 6.54 Å². The molecule has 98 valence electrons. The monoisotopic (exact) mass is 274 g/mol. The van der Waals surface area contributed by atoms with Crippen LogP contribution in [-0.2, 0) is 13.6 Å². The van der Waals surface area contributed by atoms with Crippen LogP contribution in [0, 0.1) is 0 Å². The minimum absolute atomic E-state index is 0.727. The summed E-state index contributed by atoms with van der Waals surface area (Å²) in [6.45, 7) is 0.727. The van der Waals surface area contributed by atoms with Crippen LogP contribution >= 0.6 is 11.3 Å². The molecule has 19 heavy (non-hydrogen) atoms. The van der Waals surface area contributed by atoms with E-state index in [1.807, 2.05) is 37.6 Å². The predicted molar refractivity (Wildman–Crippen MR) is 76.7 cm³/mol. The maximum absolute atomic E-state index is 5.21. The molecule has 0 atom stereocenters. The Morgan fingerprint density at radius 2 is 2.32 bits per heavy atom. The highest BCUT2D eigenvalue weighted by Crippen LogP contribution is 2.29. The van der Waals surface area contributed by atoms with Gasteiger partial charge in [0.15, 0.2) is 5.13 Å². The molecule has 0 saturated heterocycles. The minimum Gasteiger partial charge on any atom is -0.497 e. The quantitative estimate of drug-likeness (QED) is 0.794. The van der Waals surface area contributed by atoms with Crippen LogP contribution < -0.4 is 10.1 Å². The number of hydrogen-bond donors (Lipinski definition) is 1. The van der Waals surface area contributed by atoms with Crippen LogP contribution in [-0.4, -0.2) is 21.9 Å². The molecule has 1 N–H and O–H groups in total. The number of aryl methyl sites for hydroxylation is 1. The molecule has 3 aromatic rings. The van der Waals surface area contributed by atoms with E-state index in [2.05, 4.69) is 15.4 Å². The lowest BCUT2D eigenvalue weighted by Crippen LogP contribution is -1.97. The molecule has 0 aliphatic heterocycles. The van der Waals surface area contributed by atoms with E-state index in [0.29, 0.717) is 0 Å². The van der Waals surface area contributed by atoms with E-state index >= 15 is 0 Å². The summed E-state index contributed by atoms with van der Waals surface area (Å²) >= 11 is 1.62. The number of nitrogens with one attached hydrogen (secondary N) is 1. The number of methoxy groups -OCH3 is 1. The van der Waals surface area contributed by atoms with Crippen LogP contribution in [0.4, 0.5) is 5.13 Å². The van der Waals surface area contributed by atoms with Crippen molar-refractivity contribution in [2.75, 3.05) is 12.4 Å². The van der Waals surface area contributed by atoms with Gasteiger partial charge in [-0.25, -0.2) is 4.98 Å². The first-order valence-electron chi connectivity index (χ1n) is 5.90. The molecule has 3 rings (SSSR count). The van der Waals surface area contributed by atoms with E-state index in [-0.39, 0.29) is 0 Å². The highest BCUT2D eigenvalue weighted by molar-refractivity contribution is 7.22. The Labute approximate surface area is 114 Å². The lowest BCUT2D eigenvalue weighted by atomic mass is 10.3. The molecule has 0 saturated carbocycles. The smallest absolute Gasteiger partial charge is 0.184 e. The van der Waals surface area contributed by atoms with Gasteiger partial charge in [0.1, 0.15) is 5.75 Å². The highest BCUT2D eigenvalue weighted by atomic mass is 32.1. The first kappa shape index (κ1) is 12.0. The Bertz CT molecular complexity index is 704. The van der Waals surface area contributed by atoms with E-state index < -0.39 is 0 Å². The second-order valence-corrected chi connectivity index (χ2v) is 5.26. The van der Waals surface area contributed by atoms with Crippen LogP contribution in [0.2, 0.25) is 0 Å². The fraction of sp³-hybridized carbons (Fsp3) is 0.231. The SMILES string of the molecule is COc1ccc2nc(NCc3cnn(C)c3)sc2c1. The topological polar surface area (TPSA) is 52.0 Å². The average molecular weight is 274 g/mol. The Kier molecular flexibility index (Phi) is 3.08. The van der Waals surface area contributed by atoms with Crippen molar-refractivity contribution >= 4 is 26.7 Å². The molecule has 0 aliphatic rings. The maximum atomic E-state index is 5.21. The van der Waals surface area contributed by atoms with Gasteiger partial charge in [-0.3, -0.25) is 4.68 Å². The van der Waals surface area contributed by atoms with E-state index in [1.54, 1.807) is 23.1 Å². The van der Waals surface area contributed by atoms with E-state index in [9.17, 15) is 0 Å². The molecule has 2 aromatic heterocycles. The summed E-state index contributed by atoms with van der Waals surface area (Å²) in [5, 5.41) is 8.36. The van der Waals surface area contributed by atoms with Crippen LogP contribution in [0.15, 0.2) is 30.6 Å². The van der Waals surface area contributed by atoms with Gasteiger partial charge in [0, 0.05) is 25.4 Å². The molecule has 0 bridgehead atoms. The third-order valence-electron chi connectivity index (χ3n) is 2.80. The fourth-order valence-electron chi connectivity index (χ4n) is 1.85. The van der Waals surface area contributed by atoms with Crippen LogP contribution in [0.25, 0.3) is 10.2 Å². The van der Waals surface area contributed by atoms with E-state index in [1.165, 1.54) is 0 Å². The van der Waals surface area contributed by atoms with Gasteiger partial charge >= 0.3 is 0 Å². The Hall–Kier alpha value is -2.08. The highest BCUT2D eigenvalue weighted by Gasteiger charge is 2.05. The van der Waals surface area contributed by atoms with Gasteiger partial charge in [-0.1, -0.05) is 11.3 Å². The molecule has 6 heteroatoms. The molecule has 5 nitrogen and oxygen atoms in total. The second-order valence-electron chi connectivity index (χ2n) is 4.23. The summed E-state index contributed by atoms with van der Waals surface area (Å²) in [6.07, 6.45) is 3.84. The molecule has 0 fully saturated rings. The van der Waals surface area contributed by atoms with Crippen LogP contribution in [0.1, 0.15) is 5.56 Å². The van der Waals surface area contributed by atoms with Gasteiger partial charge in [0.25, 0.3) is 0 Å². The normalized spacial score (nSPS) is 10.8. The van der Waals surface area contributed by atoms with Crippen molar-refractivity contribution < 1.29 is 4.74 Å². The number of rotatable bonds is 4. The summed E-state index contributed by atoms with van der Waals surface area (Å²) in [6, 6.07) is 5.90. The number of anilines is 1. The Balaban J connectivity index is 1.77. The zero-order chi connectivity index (χ0) is 13.2. The molecular formula is C13H14N4OS. The molecule has 0 unspecified atom stereocenters. The zero-order valence-electron chi connectivity index (χ0n) is 10.8. The van der Waals surface area contributed by atoms with Gasteiger partial charge in [-0.15, -0.1) is 0 Å². The molecule has 0 spiro atoms. The summed E-state index contributed by atoms with van der Waals surface area (Å²) in [5.41, 5.74) is 2.12. The number of benzene rings is 1. The Morgan fingerprint density at radius 3 is 3.05 bits per heavy atom. The van der Waals surface area contributed by atoms with Crippen molar-refractivity contribution in [1.29, 1.82) is 0 Å². The van der Waals surface area contributed by atoms with Gasteiger partial charge < -0.3 is 10.1 Å². The number of thiazole rings is 1. The van der Waals surface area contributed by atoms with Crippen LogP contribution in [0.3, 0.4) is 0 Å². The van der Waals surface area contributed by atoms with Gasteiger partial charge in [-0.05, 0) is 18.2 Å². The third-order valence-corrected chi connectivity index (χ3v) is 3.77. The first-order chi connectivity index (χ1) is 9.24. The fourth-order valence-corrected chi connectivity index (χ4v) is 2.74. The summed E-state index contributed by atoms with van der Waals surface area (Å²) in [7, 11) is 3.58. The molecule has 2 heterocycles. The number of ether oxygens (including phenoxy) is 1. The second kappa shape index (κ2) is 4.89. The van der Waals surface area contributed by atoms with E-state index in [0.717, 1.165) is 33.2 Å².